The van der Waals surface area contributed by atoms with Gasteiger partial charge in [-0.05, 0) is 30.2 Å². The molecule has 1 aromatic heterocycles. The van der Waals surface area contributed by atoms with Crippen molar-refractivity contribution in [1.29, 1.82) is 5.26 Å². The Balaban J connectivity index is 2.21. The first kappa shape index (κ1) is 20.1. The summed E-state index contributed by atoms with van der Waals surface area (Å²) in [7, 11) is 0. The van der Waals surface area contributed by atoms with Crippen LogP contribution in [0.3, 0.4) is 0 Å². The number of pyridine rings is 1. The monoisotopic (exact) mass is 399 g/mol. The minimum atomic E-state index is -4.36. The van der Waals surface area contributed by atoms with Crippen molar-refractivity contribution in [1.82, 2.24) is 4.98 Å². The second-order valence-corrected chi connectivity index (χ2v) is 6.34. The lowest BCUT2D eigenvalue weighted by atomic mass is 9.93. The topological polar surface area (TPSA) is 89.0 Å². The summed E-state index contributed by atoms with van der Waals surface area (Å²) in [5.41, 5.74) is 6.82. The molecule has 3 aromatic rings. The van der Waals surface area contributed by atoms with E-state index in [-0.39, 0.29) is 17.9 Å². The molecule has 0 saturated heterocycles. The summed E-state index contributed by atoms with van der Waals surface area (Å²) >= 11 is 0. The van der Waals surface area contributed by atoms with Crippen molar-refractivity contribution in [2.45, 2.75) is 19.0 Å². The standard InChI is InChI=1S/C21H16F3N3O2/c22-21(23,24)9-8-18-16(11-25)20(13-4-2-1-3-5-13)15-10-14(29-12-19(26)28)6-7-17(15)27-18/h1-7,10H,8-9,12H2,(H2,26,28). The Bertz CT molecular complexity index is 1090. The summed E-state index contributed by atoms with van der Waals surface area (Å²) in [5, 5.41) is 10.3. The molecule has 5 nitrogen and oxygen atoms in total. The number of rotatable bonds is 6. The van der Waals surface area contributed by atoms with Crippen LogP contribution in [-0.4, -0.2) is 23.7 Å². The molecule has 0 aliphatic carbocycles. The van der Waals surface area contributed by atoms with Crippen molar-refractivity contribution in [2.75, 3.05) is 6.61 Å². The van der Waals surface area contributed by atoms with Crippen LogP contribution in [0.5, 0.6) is 5.75 Å². The summed E-state index contributed by atoms with van der Waals surface area (Å²) in [6, 6.07) is 15.6. The lowest BCUT2D eigenvalue weighted by Gasteiger charge is -2.15. The van der Waals surface area contributed by atoms with E-state index in [1.165, 1.54) is 0 Å². The molecule has 0 radical (unpaired) electrons. The van der Waals surface area contributed by atoms with Crippen LogP contribution in [0.15, 0.2) is 48.5 Å². The third kappa shape index (κ3) is 4.82. The maximum atomic E-state index is 12.8. The number of aryl methyl sites for hydroxylation is 1. The summed E-state index contributed by atoms with van der Waals surface area (Å²) in [5.74, 6) is -0.311. The van der Waals surface area contributed by atoms with Crippen molar-refractivity contribution in [3.8, 4) is 22.9 Å². The molecule has 0 bridgehead atoms. The number of alkyl halides is 3. The van der Waals surface area contributed by atoms with Gasteiger partial charge in [-0.15, -0.1) is 0 Å². The van der Waals surface area contributed by atoms with E-state index in [1.54, 1.807) is 48.5 Å². The molecule has 148 valence electrons. The van der Waals surface area contributed by atoms with Gasteiger partial charge in [-0.3, -0.25) is 9.78 Å². The number of fused-ring (bicyclic) bond motifs is 1. The molecular formula is C21H16F3N3O2. The van der Waals surface area contributed by atoms with E-state index in [4.69, 9.17) is 10.5 Å². The number of benzene rings is 2. The first-order valence-electron chi connectivity index (χ1n) is 8.68. The van der Waals surface area contributed by atoms with Crippen LogP contribution in [0.4, 0.5) is 13.2 Å². The molecule has 1 heterocycles. The number of nitriles is 1. The maximum absolute atomic E-state index is 12.8. The van der Waals surface area contributed by atoms with Crippen molar-refractivity contribution >= 4 is 16.8 Å². The van der Waals surface area contributed by atoms with Gasteiger partial charge in [-0.25, -0.2) is 0 Å². The van der Waals surface area contributed by atoms with Crippen molar-refractivity contribution in [3.05, 3.63) is 59.8 Å². The SMILES string of the molecule is N#Cc1c(CCC(F)(F)F)nc2ccc(OCC(N)=O)cc2c1-c1ccccc1. The van der Waals surface area contributed by atoms with Crippen LogP contribution < -0.4 is 10.5 Å². The second kappa shape index (κ2) is 8.19. The van der Waals surface area contributed by atoms with Crippen molar-refractivity contribution in [3.63, 3.8) is 0 Å². The van der Waals surface area contributed by atoms with Gasteiger partial charge in [0.25, 0.3) is 5.91 Å². The average Bonchev–Trinajstić information content (AvgIpc) is 2.69. The molecule has 1 amide bonds. The Hall–Kier alpha value is -3.60. The van der Waals surface area contributed by atoms with Gasteiger partial charge in [-0.1, -0.05) is 30.3 Å². The Morgan fingerprint density at radius 1 is 1.17 bits per heavy atom. The molecule has 2 aromatic carbocycles. The number of nitrogens with zero attached hydrogens (tertiary/aromatic N) is 2. The van der Waals surface area contributed by atoms with Gasteiger partial charge in [0.2, 0.25) is 0 Å². The Morgan fingerprint density at radius 3 is 2.52 bits per heavy atom. The van der Waals surface area contributed by atoms with E-state index < -0.39 is 24.9 Å². The molecular weight excluding hydrogens is 383 g/mol. The van der Waals surface area contributed by atoms with E-state index >= 15 is 0 Å². The normalized spacial score (nSPS) is 11.2. The summed E-state index contributed by atoms with van der Waals surface area (Å²) in [6.45, 7) is -0.325. The number of halogens is 3. The lowest BCUT2D eigenvalue weighted by Crippen LogP contribution is -2.20. The number of hydrogen-bond acceptors (Lipinski definition) is 4. The largest absolute Gasteiger partial charge is 0.484 e. The first-order chi connectivity index (χ1) is 13.8. The number of aromatic nitrogens is 1. The number of carbonyl (C=O) groups is 1. The fourth-order valence-electron chi connectivity index (χ4n) is 3.00. The van der Waals surface area contributed by atoms with E-state index in [2.05, 4.69) is 4.98 Å². The smallest absolute Gasteiger partial charge is 0.389 e. The summed E-state index contributed by atoms with van der Waals surface area (Å²) in [4.78, 5) is 15.3. The molecule has 0 aliphatic heterocycles. The van der Waals surface area contributed by atoms with Gasteiger partial charge in [0.1, 0.15) is 11.8 Å². The maximum Gasteiger partial charge on any atom is 0.389 e. The zero-order valence-corrected chi connectivity index (χ0v) is 15.2. The van der Waals surface area contributed by atoms with Gasteiger partial charge < -0.3 is 10.5 Å². The molecule has 2 N–H and O–H groups in total. The molecule has 0 spiro atoms. The molecule has 8 heteroatoms. The van der Waals surface area contributed by atoms with Crippen molar-refractivity contribution in [2.24, 2.45) is 5.73 Å². The van der Waals surface area contributed by atoms with Crippen molar-refractivity contribution < 1.29 is 22.7 Å². The third-order valence-corrected chi connectivity index (χ3v) is 4.23. The average molecular weight is 399 g/mol. The lowest BCUT2D eigenvalue weighted by molar-refractivity contribution is -0.134. The van der Waals surface area contributed by atoms with Gasteiger partial charge in [0, 0.05) is 17.4 Å². The highest BCUT2D eigenvalue weighted by atomic mass is 19.4. The predicted octanol–water partition coefficient (Wildman–Crippen LogP) is 4.13. The number of amides is 1. The van der Waals surface area contributed by atoms with Gasteiger partial charge >= 0.3 is 6.18 Å². The molecule has 3 rings (SSSR count). The molecule has 0 saturated carbocycles. The quantitative estimate of drug-likeness (QED) is 0.675. The zero-order valence-electron chi connectivity index (χ0n) is 15.2. The van der Waals surface area contributed by atoms with Crippen LogP contribution >= 0.6 is 0 Å². The minimum Gasteiger partial charge on any atom is -0.484 e. The van der Waals surface area contributed by atoms with E-state index in [1.807, 2.05) is 6.07 Å². The fourth-order valence-corrected chi connectivity index (χ4v) is 3.00. The number of carbonyl (C=O) groups excluding carboxylic acids is 1. The van der Waals surface area contributed by atoms with Gasteiger partial charge in [-0.2, -0.15) is 18.4 Å². The number of hydrogen-bond donors (Lipinski definition) is 1. The minimum absolute atomic E-state index is 0.0833. The van der Waals surface area contributed by atoms with Crippen LogP contribution in [0.2, 0.25) is 0 Å². The van der Waals surface area contributed by atoms with Crippen LogP contribution in [0.1, 0.15) is 17.7 Å². The molecule has 29 heavy (non-hydrogen) atoms. The first-order valence-corrected chi connectivity index (χ1v) is 8.68. The van der Waals surface area contributed by atoms with E-state index in [9.17, 15) is 23.2 Å². The predicted molar refractivity (Wildman–Crippen MR) is 101 cm³/mol. The van der Waals surface area contributed by atoms with Crippen LogP contribution in [0, 0.1) is 11.3 Å². The number of nitrogens with two attached hydrogens (primary N) is 1. The fraction of sp³-hybridized carbons (Fsp3) is 0.190. The highest BCUT2D eigenvalue weighted by Gasteiger charge is 2.28. The van der Waals surface area contributed by atoms with Crippen LogP contribution in [0.25, 0.3) is 22.0 Å². The summed E-state index contributed by atoms with van der Waals surface area (Å²) < 4.78 is 43.6. The highest BCUT2D eigenvalue weighted by Crippen LogP contribution is 2.36. The van der Waals surface area contributed by atoms with E-state index in [0.717, 1.165) is 0 Å². The number of primary amides is 1. The Kier molecular flexibility index (Phi) is 5.69. The Labute approximate surface area is 164 Å². The van der Waals surface area contributed by atoms with Gasteiger partial charge in [0.05, 0.1) is 16.8 Å². The number of ether oxygens (including phenoxy) is 1. The molecule has 0 unspecified atom stereocenters. The van der Waals surface area contributed by atoms with Gasteiger partial charge in [0.15, 0.2) is 6.61 Å². The third-order valence-electron chi connectivity index (χ3n) is 4.23. The van der Waals surface area contributed by atoms with E-state index in [0.29, 0.717) is 27.8 Å². The molecule has 0 atom stereocenters. The molecule has 0 aliphatic rings. The Morgan fingerprint density at radius 2 is 1.90 bits per heavy atom. The van der Waals surface area contributed by atoms with Crippen LogP contribution in [-0.2, 0) is 11.2 Å². The zero-order chi connectivity index (χ0) is 21.0. The second-order valence-electron chi connectivity index (χ2n) is 6.34. The molecule has 0 fully saturated rings. The highest BCUT2D eigenvalue weighted by molar-refractivity contribution is 5.98. The summed E-state index contributed by atoms with van der Waals surface area (Å²) in [6.07, 6.45) is -5.83.